The van der Waals surface area contributed by atoms with E-state index < -0.39 is 0 Å². The lowest BCUT2D eigenvalue weighted by molar-refractivity contribution is 0.131. The highest BCUT2D eigenvalue weighted by atomic mass is 32.1. The summed E-state index contributed by atoms with van der Waals surface area (Å²) < 4.78 is 0. The van der Waals surface area contributed by atoms with Gasteiger partial charge in [0.2, 0.25) is 0 Å². The largest absolute Gasteiger partial charge is 0.393 e. The number of nitrogens with zero attached hydrogens (tertiary/aromatic N) is 2. The van der Waals surface area contributed by atoms with E-state index >= 15 is 0 Å². The van der Waals surface area contributed by atoms with Crippen molar-refractivity contribution in [2.24, 2.45) is 5.92 Å². The third-order valence-corrected chi connectivity index (χ3v) is 4.90. The second-order valence-electron chi connectivity index (χ2n) is 5.29. The predicted octanol–water partition coefficient (Wildman–Crippen LogP) is 1.77. The van der Waals surface area contributed by atoms with E-state index in [-0.39, 0.29) is 6.10 Å². The highest BCUT2D eigenvalue weighted by Gasteiger charge is 2.24. The Morgan fingerprint density at radius 3 is 2.78 bits per heavy atom. The van der Waals surface area contributed by atoms with Crippen LogP contribution in [0.3, 0.4) is 0 Å². The Balaban J connectivity index is 1.82. The van der Waals surface area contributed by atoms with E-state index in [1.807, 2.05) is 19.0 Å². The summed E-state index contributed by atoms with van der Waals surface area (Å²) in [6, 6.07) is 0. The van der Waals surface area contributed by atoms with Crippen LogP contribution in [0.25, 0.3) is 0 Å². The van der Waals surface area contributed by atoms with E-state index in [4.69, 9.17) is 0 Å². The van der Waals surface area contributed by atoms with E-state index in [9.17, 15) is 5.11 Å². The van der Waals surface area contributed by atoms with Crippen molar-refractivity contribution in [1.29, 1.82) is 0 Å². The average molecular weight is 269 g/mol. The van der Waals surface area contributed by atoms with E-state index in [0.29, 0.717) is 5.92 Å². The van der Waals surface area contributed by atoms with Gasteiger partial charge in [-0.1, -0.05) is 6.42 Å². The molecule has 0 spiro atoms. The minimum absolute atomic E-state index is 0.0996. The van der Waals surface area contributed by atoms with Crippen LogP contribution in [0.1, 0.15) is 29.8 Å². The van der Waals surface area contributed by atoms with Gasteiger partial charge in [0.05, 0.1) is 11.8 Å². The van der Waals surface area contributed by atoms with Crippen LogP contribution in [0.4, 0.5) is 5.13 Å². The summed E-state index contributed by atoms with van der Waals surface area (Å²) in [5.74, 6) is 0.437. The summed E-state index contributed by atoms with van der Waals surface area (Å²) in [6.07, 6.45) is 3.19. The Morgan fingerprint density at radius 1 is 1.44 bits per heavy atom. The first kappa shape index (κ1) is 13.8. The lowest BCUT2D eigenvalue weighted by Gasteiger charge is -2.14. The Hall–Kier alpha value is -0.650. The molecule has 1 saturated carbocycles. The molecule has 5 heteroatoms. The molecule has 2 rings (SSSR count). The number of nitrogens with one attached hydrogen (secondary N) is 1. The quantitative estimate of drug-likeness (QED) is 0.855. The minimum atomic E-state index is -0.0996. The third-order valence-electron chi connectivity index (χ3n) is 3.57. The summed E-state index contributed by atoms with van der Waals surface area (Å²) in [6.45, 7) is 3.83. The summed E-state index contributed by atoms with van der Waals surface area (Å²) in [5, 5.41) is 14.3. The normalized spacial score (nSPS) is 23.6. The van der Waals surface area contributed by atoms with Gasteiger partial charge in [-0.05, 0) is 25.7 Å². The lowest BCUT2D eigenvalue weighted by Crippen LogP contribution is -2.27. The van der Waals surface area contributed by atoms with Crippen molar-refractivity contribution in [3.05, 3.63) is 10.6 Å². The van der Waals surface area contributed by atoms with Gasteiger partial charge in [-0.15, -0.1) is 11.3 Å². The van der Waals surface area contributed by atoms with E-state index in [0.717, 1.165) is 43.2 Å². The second kappa shape index (κ2) is 5.99. The zero-order valence-corrected chi connectivity index (χ0v) is 12.3. The van der Waals surface area contributed by atoms with E-state index in [2.05, 4.69) is 17.2 Å². The summed E-state index contributed by atoms with van der Waals surface area (Å²) in [7, 11) is 4.04. The van der Waals surface area contributed by atoms with Crippen LogP contribution in [0, 0.1) is 12.8 Å². The van der Waals surface area contributed by atoms with Crippen molar-refractivity contribution in [3.8, 4) is 0 Å². The molecule has 1 aromatic rings. The fraction of sp³-hybridized carbons (Fsp3) is 0.769. The molecule has 1 fully saturated rings. The smallest absolute Gasteiger partial charge is 0.185 e. The molecule has 1 aliphatic carbocycles. The van der Waals surface area contributed by atoms with Gasteiger partial charge in [-0.25, -0.2) is 4.98 Å². The Labute approximate surface area is 113 Å². The maximum Gasteiger partial charge on any atom is 0.185 e. The molecule has 0 bridgehead atoms. The number of aliphatic hydroxyl groups excluding tert-OH is 1. The zero-order chi connectivity index (χ0) is 13.1. The lowest BCUT2D eigenvalue weighted by atomic mass is 10.1. The van der Waals surface area contributed by atoms with Gasteiger partial charge in [-0.3, -0.25) is 0 Å². The van der Waals surface area contributed by atoms with Crippen LogP contribution >= 0.6 is 11.3 Å². The van der Waals surface area contributed by atoms with Crippen LogP contribution in [-0.2, 0) is 6.54 Å². The highest BCUT2D eigenvalue weighted by molar-refractivity contribution is 7.15. The molecular formula is C13H23N3OS. The average Bonchev–Trinajstić information content (AvgIpc) is 2.87. The van der Waals surface area contributed by atoms with Gasteiger partial charge in [0, 0.05) is 32.1 Å². The number of aryl methyl sites for hydroxylation is 1. The molecule has 18 heavy (non-hydrogen) atoms. The molecule has 102 valence electrons. The van der Waals surface area contributed by atoms with Gasteiger partial charge in [0.1, 0.15) is 0 Å². The number of rotatable bonds is 5. The molecule has 0 radical (unpaired) electrons. The van der Waals surface area contributed by atoms with E-state index in [1.165, 1.54) is 4.88 Å². The van der Waals surface area contributed by atoms with Crippen molar-refractivity contribution >= 4 is 16.5 Å². The molecule has 0 aromatic carbocycles. The molecule has 1 aromatic heterocycles. The van der Waals surface area contributed by atoms with Gasteiger partial charge < -0.3 is 15.3 Å². The first-order chi connectivity index (χ1) is 8.58. The van der Waals surface area contributed by atoms with Crippen LogP contribution in [0.15, 0.2) is 0 Å². The van der Waals surface area contributed by atoms with Gasteiger partial charge in [-0.2, -0.15) is 0 Å². The molecule has 0 saturated heterocycles. The zero-order valence-electron chi connectivity index (χ0n) is 11.4. The molecular weight excluding hydrogens is 246 g/mol. The number of aromatic nitrogens is 1. The molecule has 1 aliphatic rings. The minimum Gasteiger partial charge on any atom is -0.393 e. The van der Waals surface area contributed by atoms with Crippen molar-refractivity contribution in [3.63, 3.8) is 0 Å². The molecule has 2 atom stereocenters. The number of hydrogen-bond acceptors (Lipinski definition) is 5. The SMILES string of the molecule is Cc1nc(N(C)C)sc1CNCC1CCCC1O. The number of hydrogen-bond donors (Lipinski definition) is 2. The predicted molar refractivity (Wildman–Crippen MR) is 76.2 cm³/mol. The Kier molecular flexibility index (Phi) is 4.59. The molecule has 4 nitrogen and oxygen atoms in total. The fourth-order valence-corrected chi connectivity index (χ4v) is 3.35. The second-order valence-corrected chi connectivity index (χ2v) is 6.35. The Bertz CT molecular complexity index is 392. The van der Waals surface area contributed by atoms with Crippen LogP contribution in [-0.4, -0.2) is 36.8 Å². The molecule has 2 unspecified atom stereocenters. The number of aliphatic hydroxyl groups is 1. The third kappa shape index (κ3) is 3.22. The molecule has 1 heterocycles. The highest BCUT2D eigenvalue weighted by Crippen LogP contribution is 2.26. The van der Waals surface area contributed by atoms with Crippen LogP contribution in [0.5, 0.6) is 0 Å². The first-order valence-electron chi connectivity index (χ1n) is 6.60. The van der Waals surface area contributed by atoms with Crippen molar-refractivity contribution in [2.45, 2.75) is 38.8 Å². The fourth-order valence-electron chi connectivity index (χ4n) is 2.39. The van der Waals surface area contributed by atoms with Crippen molar-refractivity contribution < 1.29 is 5.11 Å². The van der Waals surface area contributed by atoms with Gasteiger partial charge >= 0.3 is 0 Å². The maximum atomic E-state index is 9.76. The standard InChI is InChI=1S/C13H23N3OS/c1-9-12(18-13(15-9)16(2)3)8-14-7-10-5-4-6-11(10)17/h10-11,14,17H,4-8H2,1-3H3. The van der Waals surface area contributed by atoms with Crippen molar-refractivity contribution in [2.75, 3.05) is 25.5 Å². The summed E-state index contributed by atoms with van der Waals surface area (Å²) in [4.78, 5) is 7.87. The van der Waals surface area contributed by atoms with Crippen LogP contribution in [0.2, 0.25) is 0 Å². The summed E-state index contributed by atoms with van der Waals surface area (Å²) >= 11 is 1.74. The number of anilines is 1. The molecule has 0 aliphatic heterocycles. The van der Waals surface area contributed by atoms with Crippen molar-refractivity contribution in [1.82, 2.24) is 10.3 Å². The van der Waals surface area contributed by atoms with Gasteiger partial charge in [0.15, 0.2) is 5.13 Å². The first-order valence-corrected chi connectivity index (χ1v) is 7.42. The van der Waals surface area contributed by atoms with Crippen LogP contribution < -0.4 is 10.2 Å². The topological polar surface area (TPSA) is 48.4 Å². The monoisotopic (exact) mass is 269 g/mol. The van der Waals surface area contributed by atoms with Gasteiger partial charge in [0.25, 0.3) is 0 Å². The van der Waals surface area contributed by atoms with E-state index in [1.54, 1.807) is 11.3 Å². The number of thiazole rings is 1. The maximum absolute atomic E-state index is 9.76. The molecule has 0 amide bonds. The summed E-state index contributed by atoms with van der Waals surface area (Å²) in [5.41, 5.74) is 1.11. The Morgan fingerprint density at radius 2 is 2.22 bits per heavy atom. The molecule has 2 N–H and O–H groups in total.